The van der Waals surface area contributed by atoms with Gasteiger partial charge >= 0.3 is 5.97 Å². The Morgan fingerprint density at radius 2 is 1.91 bits per heavy atom. The number of rotatable bonds is 4. The summed E-state index contributed by atoms with van der Waals surface area (Å²) in [4.78, 5) is 31.5. The number of carbonyl (C=O) groups excluding carboxylic acids is 1. The molecule has 32 heavy (non-hydrogen) atoms. The number of ether oxygens (including phenoxy) is 1. The summed E-state index contributed by atoms with van der Waals surface area (Å²) in [7, 11) is 0. The van der Waals surface area contributed by atoms with E-state index in [1.54, 1.807) is 42.7 Å². The maximum absolute atomic E-state index is 13.5. The topological polar surface area (TPSA) is 60.7 Å². The Bertz CT molecular complexity index is 1420. The first-order chi connectivity index (χ1) is 15.3. The maximum Gasteiger partial charge on any atom is 0.338 e. The van der Waals surface area contributed by atoms with E-state index in [1.807, 2.05) is 31.2 Å². The number of hydrogen-bond acceptors (Lipinski definition) is 5. The summed E-state index contributed by atoms with van der Waals surface area (Å²) in [6.07, 6.45) is 1.70. The number of benzene rings is 2. The molecule has 0 N–H and O–H groups in total. The zero-order valence-electron chi connectivity index (χ0n) is 17.7. The monoisotopic (exact) mass is 486 g/mol. The van der Waals surface area contributed by atoms with E-state index in [4.69, 9.17) is 27.9 Å². The Morgan fingerprint density at radius 1 is 1.19 bits per heavy atom. The number of halogens is 2. The van der Waals surface area contributed by atoms with Gasteiger partial charge < -0.3 is 4.74 Å². The van der Waals surface area contributed by atoms with Crippen molar-refractivity contribution in [1.29, 1.82) is 0 Å². The highest BCUT2D eigenvalue weighted by Gasteiger charge is 2.33. The molecular weight excluding hydrogens is 467 g/mol. The van der Waals surface area contributed by atoms with Crippen LogP contribution in [0.15, 0.2) is 63.5 Å². The summed E-state index contributed by atoms with van der Waals surface area (Å²) in [5, 5.41) is 0.782. The van der Waals surface area contributed by atoms with Crippen LogP contribution in [0.2, 0.25) is 10.0 Å². The van der Waals surface area contributed by atoms with Gasteiger partial charge in [0.15, 0.2) is 4.80 Å². The lowest BCUT2D eigenvalue weighted by molar-refractivity contribution is -0.139. The van der Waals surface area contributed by atoms with Crippen LogP contribution in [0.25, 0.3) is 6.08 Å². The minimum atomic E-state index is -0.636. The molecule has 0 spiro atoms. The van der Waals surface area contributed by atoms with Crippen molar-refractivity contribution < 1.29 is 9.53 Å². The van der Waals surface area contributed by atoms with Crippen molar-refractivity contribution in [3.8, 4) is 0 Å². The third-order valence-electron chi connectivity index (χ3n) is 5.18. The third-order valence-corrected chi connectivity index (χ3v) is 6.99. The predicted molar refractivity (Wildman–Crippen MR) is 128 cm³/mol. The van der Waals surface area contributed by atoms with Crippen molar-refractivity contribution in [2.75, 3.05) is 6.61 Å². The number of esters is 1. The van der Waals surface area contributed by atoms with E-state index in [1.165, 1.54) is 11.3 Å². The highest BCUT2D eigenvalue weighted by Crippen LogP contribution is 2.31. The van der Waals surface area contributed by atoms with Crippen LogP contribution in [0, 0.1) is 6.92 Å². The Balaban J connectivity index is 1.98. The zero-order valence-corrected chi connectivity index (χ0v) is 20.0. The van der Waals surface area contributed by atoms with Crippen LogP contribution >= 0.6 is 34.5 Å². The van der Waals surface area contributed by atoms with Crippen molar-refractivity contribution in [1.82, 2.24) is 4.57 Å². The van der Waals surface area contributed by atoms with E-state index in [9.17, 15) is 9.59 Å². The van der Waals surface area contributed by atoms with E-state index >= 15 is 0 Å². The lowest BCUT2D eigenvalue weighted by Gasteiger charge is -2.24. The first-order valence-electron chi connectivity index (χ1n) is 10.0. The van der Waals surface area contributed by atoms with Gasteiger partial charge in [-0.15, -0.1) is 0 Å². The number of aryl methyl sites for hydroxylation is 1. The fraction of sp³-hybridized carbons (Fsp3) is 0.208. The first-order valence-corrected chi connectivity index (χ1v) is 11.6. The van der Waals surface area contributed by atoms with Crippen molar-refractivity contribution in [2.24, 2.45) is 4.99 Å². The van der Waals surface area contributed by atoms with Crippen LogP contribution in [0.1, 0.15) is 36.6 Å². The number of aromatic nitrogens is 1. The third kappa shape index (κ3) is 4.06. The molecule has 2 aromatic carbocycles. The summed E-state index contributed by atoms with van der Waals surface area (Å²) < 4.78 is 7.31. The molecule has 0 aliphatic carbocycles. The molecule has 1 aliphatic heterocycles. The van der Waals surface area contributed by atoms with Gasteiger partial charge in [0.05, 0.1) is 38.5 Å². The molecule has 5 nitrogen and oxygen atoms in total. The lowest BCUT2D eigenvalue weighted by Crippen LogP contribution is -2.39. The van der Waals surface area contributed by atoms with Gasteiger partial charge in [-0.05, 0) is 44.0 Å². The normalized spacial score (nSPS) is 16.0. The standard InChI is InChI=1S/C24H20Cl2N2O3S/c1-4-31-23(30)19-14(3)27-24-28(21(19)15-10-8-13(2)9-11-15)22(29)18(32-24)12-16-6-5-7-17(25)20(16)26/h5-12,21H,4H2,1-3H3/b18-12-/t21-/m0/s1. The Hall–Kier alpha value is -2.67. The molecule has 3 aromatic rings. The second-order valence-corrected chi connectivity index (χ2v) is 9.15. The molecule has 1 aliphatic rings. The first kappa shape index (κ1) is 22.5. The van der Waals surface area contributed by atoms with Crippen LogP contribution in [0.3, 0.4) is 0 Å². The SMILES string of the molecule is CCOC(=O)C1=C(C)N=c2s/c(=C\c3cccc(Cl)c3Cl)c(=O)n2[C@H]1c1ccc(C)cc1. The highest BCUT2D eigenvalue weighted by atomic mass is 35.5. The van der Waals surface area contributed by atoms with Gasteiger partial charge in [-0.25, -0.2) is 9.79 Å². The molecule has 0 saturated heterocycles. The van der Waals surface area contributed by atoms with Crippen molar-refractivity contribution >= 4 is 46.6 Å². The molecule has 4 rings (SSSR count). The Morgan fingerprint density at radius 3 is 2.59 bits per heavy atom. The maximum atomic E-state index is 13.5. The second-order valence-electron chi connectivity index (χ2n) is 7.36. The summed E-state index contributed by atoms with van der Waals surface area (Å²) in [6.45, 7) is 5.72. The molecule has 164 valence electrons. The summed E-state index contributed by atoms with van der Waals surface area (Å²) in [6, 6.07) is 12.4. The summed E-state index contributed by atoms with van der Waals surface area (Å²) in [5.41, 5.74) is 3.15. The molecule has 0 amide bonds. The van der Waals surface area contributed by atoms with E-state index in [2.05, 4.69) is 4.99 Å². The van der Waals surface area contributed by atoms with Crippen molar-refractivity contribution in [3.63, 3.8) is 0 Å². The molecule has 0 saturated carbocycles. The van der Waals surface area contributed by atoms with E-state index < -0.39 is 12.0 Å². The van der Waals surface area contributed by atoms with Gasteiger partial charge in [0.25, 0.3) is 5.56 Å². The zero-order chi connectivity index (χ0) is 23.0. The van der Waals surface area contributed by atoms with Crippen LogP contribution in [-0.2, 0) is 9.53 Å². The number of nitrogens with zero attached hydrogens (tertiary/aromatic N) is 2. The molecule has 8 heteroatoms. The minimum Gasteiger partial charge on any atom is -0.463 e. The van der Waals surface area contributed by atoms with Gasteiger partial charge in [0, 0.05) is 0 Å². The van der Waals surface area contributed by atoms with Crippen LogP contribution in [0.5, 0.6) is 0 Å². The molecular formula is C24H20Cl2N2O3S. The Kier molecular flexibility index (Phi) is 6.38. The van der Waals surface area contributed by atoms with Crippen LogP contribution in [0.4, 0.5) is 0 Å². The van der Waals surface area contributed by atoms with Gasteiger partial charge in [0.2, 0.25) is 0 Å². The van der Waals surface area contributed by atoms with Crippen LogP contribution in [-0.4, -0.2) is 17.1 Å². The molecule has 0 unspecified atom stereocenters. The predicted octanol–water partition coefficient (Wildman–Crippen LogP) is 4.41. The highest BCUT2D eigenvalue weighted by molar-refractivity contribution is 7.07. The number of fused-ring (bicyclic) bond motifs is 1. The Labute approximate surface area is 198 Å². The fourth-order valence-electron chi connectivity index (χ4n) is 3.63. The summed E-state index contributed by atoms with van der Waals surface area (Å²) >= 11 is 13.7. The fourth-order valence-corrected chi connectivity index (χ4v) is 5.03. The van der Waals surface area contributed by atoms with Crippen LogP contribution < -0.4 is 14.9 Å². The molecule has 0 fully saturated rings. The number of hydrogen-bond donors (Lipinski definition) is 0. The van der Waals surface area contributed by atoms with Gasteiger partial charge in [0.1, 0.15) is 0 Å². The van der Waals surface area contributed by atoms with Crippen molar-refractivity contribution in [3.05, 3.63) is 100 Å². The smallest absolute Gasteiger partial charge is 0.338 e. The largest absolute Gasteiger partial charge is 0.463 e. The van der Waals surface area contributed by atoms with E-state index in [-0.39, 0.29) is 12.2 Å². The second kappa shape index (κ2) is 9.06. The summed E-state index contributed by atoms with van der Waals surface area (Å²) in [5.74, 6) is -0.480. The molecule has 0 bridgehead atoms. The molecule has 1 aromatic heterocycles. The quantitative estimate of drug-likeness (QED) is 0.513. The minimum absolute atomic E-state index is 0.230. The van der Waals surface area contributed by atoms with Gasteiger partial charge in [-0.3, -0.25) is 9.36 Å². The van der Waals surface area contributed by atoms with E-state index in [0.717, 1.165) is 11.1 Å². The molecule has 1 atom stereocenters. The number of thiazole rings is 1. The lowest BCUT2D eigenvalue weighted by atomic mass is 9.95. The number of allylic oxidation sites excluding steroid dienone is 1. The number of carbonyl (C=O) groups is 1. The van der Waals surface area contributed by atoms with E-state index in [0.29, 0.717) is 36.2 Å². The van der Waals surface area contributed by atoms with Gasteiger partial charge in [-0.1, -0.05) is 76.5 Å². The molecule has 2 heterocycles. The van der Waals surface area contributed by atoms with Gasteiger partial charge in [-0.2, -0.15) is 0 Å². The molecule has 0 radical (unpaired) electrons. The average molecular weight is 487 g/mol. The average Bonchev–Trinajstić information content (AvgIpc) is 3.06. The van der Waals surface area contributed by atoms with Crippen molar-refractivity contribution in [2.45, 2.75) is 26.8 Å².